The second-order valence-electron chi connectivity index (χ2n) is 6.59. The van der Waals surface area contributed by atoms with Crippen LogP contribution in [0.15, 0.2) is 0 Å². The van der Waals surface area contributed by atoms with Crippen LogP contribution in [0.5, 0.6) is 0 Å². The average Bonchev–Trinajstić information content (AvgIpc) is 2.12. The van der Waals surface area contributed by atoms with Gasteiger partial charge in [0.2, 0.25) is 0 Å². The molecular weight excluding hydrogens is 234 g/mol. The molecule has 3 aliphatic rings. The van der Waals surface area contributed by atoms with Gasteiger partial charge >= 0.3 is 12.1 Å². The number of aliphatic carboxylic acids is 1. The van der Waals surface area contributed by atoms with Crippen molar-refractivity contribution < 1.29 is 19.4 Å². The van der Waals surface area contributed by atoms with E-state index in [1.165, 1.54) is 4.90 Å². The van der Waals surface area contributed by atoms with Gasteiger partial charge in [0, 0.05) is 12.5 Å². The Morgan fingerprint density at radius 3 is 2.44 bits per heavy atom. The number of amides is 1. The van der Waals surface area contributed by atoms with E-state index in [1.54, 1.807) is 20.8 Å². The Morgan fingerprint density at radius 2 is 1.94 bits per heavy atom. The highest BCUT2D eigenvalue weighted by Crippen LogP contribution is 2.50. The lowest BCUT2D eigenvalue weighted by atomic mass is 9.64. The van der Waals surface area contributed by atoms with Crippen LogP contribution in [0.2, 0.25) is 0 Å². The maximum Gasteiger partial charge on any atom is 0.411 e. The first-order valence-corrected chi connectivity index (χ1v) is 6.41. The van der Waals surface area contributed by atoms with Gasteiger partial charge in [-0.3, -0.25) is 4.90 Å². The largest absolute Gasteiger partial charge is 0.479 e. The fourth-order valence-electron chi connectivity index (χ4n) is 3.22. The van der Waals surface area contributed by atoms with Gasteiger partial charge in [-0.25, -0.2) is 9.59 Å². The Morgan fingerprint density at radius 1 is 1.33 bits per heavy atom. The van der Waals surface area contributed by atoms with Crippen LogP contribution in [0.25, 0.3) is 0 Å². The smallest absolute Gasteiger partial charge is 0.411 e. The first-order valence-electron chi connectivity index (χ1n) is 6.41. The lowest BCUT2D eigenvalue weighted by Crippen LogP contribution is -2.75. The second kappa shape index (κ2) is 3.87. The second-order valence-corrected chi connectivity index (χ2v) is 6.59. The number of piperidine rings is 1. The summed E-state index contributed by atoms with van der Waals surface area (Å²) in [5, 5.41) is 9.42. The highest BCUT2D eigenvalue weighted by Gasteiger charge is 2.63. The molecule has 0 aromatic rings. The van der Waals surface area contributed by atoms with E-state index in [1.807, 2.05) is 6.92 Å². The van der Waals surface area contributed by atoms with Gasteiger partial charge in [-0.1, -0.05) is 6.92 Å². The molecule has 102 valence electrons. The highest BCUT2D eigenvalue weighted by molar-refractivity contribution is 5.87. The van der Waals surface area contributed by atoms with Crippen molar-refractivity contribution in [2.75, 3.05) is 0 Å². The summed E-state index contributed by atoms with van der Waals surface area (Å²) in [7, 11) is 0. The molecule has 1 saturated carbocycles. The fraction of sp³-hybridized carbons (Fsp3) is 0.846. The minimum Gasteiger partial charge on any atom is -0.479 e. The predicted octanol–water partition coefficient (Wildman–Crippen LogP) is 2.25. The number of carbonyl (C=O) groups excluding carboxylic acids is 1. The molecule has 2 aliphatic heterocycles. The van der Waals surface area contributed by atoms with Crippen LogP contribution in [0.4, 0.5) is 4.79 Å². The third kappa shape index (κ3) is 1.95. The number of fused-ring (bicyclic) bond motifs is 2. The number of rotatable bonds is 1. The Labute approximate surface area is 107 Å². The molecule has 3 fully saturated rings. The van der Waals surface area contributed by atoms with E-state index in [4.69, 9.17) is 4.74 Å². The van der Waals surface area contributed by atoms with Crippen LogP contribution in [0.3, 0.4) is 0 Å². The highest BCUT2D eigenvalue weighted by atomic mass is 16.6. The SMILES string of the molecule is CC1CC2CC(C(=O)O)(C1)N2C(=O)OC(C)(C)C. The minimum atomic E-state index is -1.02. The van der Waals surface area contributed by atoms with E-state index in [0.717, 1.165) is 6.42 Å². The van der Waals surface area contributed by atoms with Gasteiger partial charge in [-0.15, -0.1) is 0 Å². The summed E-state index contributed by atoms with van der Waals surface area (Å²) >= 11 is 0. The molecule has 2 heterocycles. The topological polar surface area (TPSA) is 66.8 Å². The molecule has 2 saturated heterocycles. The van der Waals surface area contributed by atoms with E-state index in [0.29, 0.717) is 18.8 Å². The number of carboxylic acids is 1. The van der Waals surface area contributed by atoms with Gasteiger partial charge in [0.05, 0.1) is 0 Å². The zero-order valence-electron chi connectivity index (χ0n) is 11.4. The van der Waals surface area contributed by atoms with E-state index < -0.39 is 23.2 Å². The Kier molecular flexibility index (Phi) is 2.83. The molecule has 0 radical (unpaired) electrons. The number of nitrogens with zero attached hydrogens (tertiary/aromatic N) is 1. The molecule has 1 N–H and O–H groups in total. The van der Waals surface area contributed by atoms with Crippen LogP contribution in [-0.2, 0) is 9.53 Å². The van der Waals surface area contributed by atoms with Crippen molar-refractivity contribution in [2.45, 2.75) is 64.1 Å². The summed E-state index contributed by atoms with van der Waals surface area (Å²) in [5.74, 6) is -0.560. The molecular formula is C13H21NO4. The molecule has 1 amide bonds. The first-order chi connectivity index (χ1) is 8.16. The third-order valence-corrected chi connectivity index (χ3v) is 3.75. The number of hydrogen-bond donors (Lipinski definition) is 1. The minimum absolute atomic E-state index is 0.0275. The molecule has 0 spiro atoms. The third-order valence-electron chi connectivity index (χ3n) is 3.75. The Hall–Kier alpha value is -1.26. The summed E-state index contributed by atoms with van der Waals surface area (Å²) in [6.45, 7) is 7.40. The van der Waals surface area contributed by atoms with Gasteiger partial charge in [-0.05, 0) is 39.5 Å². The molecule has 3 atom stereocenters. The lowest BCUT2D eigenvalue weighted by molar-refractivity contribution is -0.179. The Bertz CT molecular complexity index is 387. The molecule has 3 unspecified atom stereocenters. The van der Waals surface area contributed by atoms with Crippen molar-refractivity contribution in [1.29, 1.82) is 0 Å². The fourth-order valence-corrected chi connectivity index (χ4v) is 3.22. The molecule has 3 rings (SSSR count). The monoisotopic (exact) mass is 255 g/mol. The molecule has 0 aromatic carbocycles. The van der Waals surface area contributed by atoms with Gasteiger partial charge in [-0.2, -0.15) is 0 Å². The predicted molar refractivity (Wildman–Crippen MR) is 65.2 cm³/mol. The van der Waals surface area contributed by atoms with E-state index in [2.05, 4.69) is 0 Å². The summed E-state index contributed by atoms with van der Waals surface area (Å²) in [6, 6.07) is 0.0275. The van der Waals surface area contributed by atoms with E-state index in [-0.39, 0.29) is 6.04 Å². The maximum atomic E-state index is 12.1. The Balaban J connectivity index is 2.18. The molecule has 2 bridgehead atoms. The quantitative estimate of drug-likeness (QED) is 0.780. The summed E-state index contributed by atoms with van der Waals surface area (Å²) < 4.78 is 5.31. The van der Waals surface area contributed by atoms with Crippen LogP contribution in [-0.4, -0.2) is 39.3 Å². The van der Waals surface area contributed by atoms with Crippen molar-refractivity contribution in [2.24, 2.45) is 5.92 Å². The average molecular weight is 255 g/mol. The van der Waals surface area contributed by atoms with Crippen molar-refractivity contribution in [3.63, 3.8) is 0 Å². The van der Waals surface area contributed by atoms with Crippen LogP contribution < -0.4 is 0 Å². The van der Waals surface area contributed by atoms with E-state index in [9.17, 15) is 14.7 Å². The molecule has 5 heteroatoms. The summed E-state index contributed by atoms with van der Waals surface area (Å²) in [6.07, 6.45) is 1.46. The zero-order valence-corrected chi connectivity index (χ0v) is 11.4. The van der Waals surface area contributed by atoms with Crippen LogP contribution in [0.1, 0.15) is 47.0 Å². The zero-order chi connectivity index (χ0) is 13.7. The van der Waals surface area contributed by atoms with Crippen LogP contribution in [0, 0.1) is 5.92 Å². The number of ether oxygens (including phenoxy) is 1. The number of hydrogen-bond acceptors (Lipinski definition) is 3. The van der Waals surface area contributed by atoms with Crippen molar-refractivity contribution in [1.82, 2.24) is 4.90 Å². The lowest BCUT2D eigenvalue weighted by Gasteiger charge is -2.60. The van der Waals surface area contributed by atoms with Crippen molar-refractivity contribution in [3.8, 4) is 0 Å². The summed E-state index contributed by atoms with van der Waals surface area (Å²) in [4.78, 5) is 25.0. The first kappa shape index (κ1) is 13.2. The van der Waals surface area contributed by atoms with Gasteiger partial charge in [0.25, 0.3) is 0 Å². The van der Waals surface area contributed by atoms with Gasteiger partial charge < -0.3 is 9.84 Å². The molecule has 5 nitrogen and oxygen atoms in total. The maximum absolute atomic E-state index is 12.1. The molecule has 0 aromatic heterocycles. The molecule has 18 heavy (non-hydrogen) atoms. The van der Waals surface area contributed by atoms with Gasteiger partial charge in [0.1, 0.15) is 11.1 Å². The summed E-state index contributed by atoms with van der Waals surface area (Å²) in [5.41, 5.74) is -1.61. The normalized spacial score (nSPS) is 34.8. The van der Waals surface area contributed by atoms with E-state index >= 15 is 0 Å². The number of carbonyl (C=O) groups is 2. The molecule has 1 aliphatic carbocycles. The van der Waals surface area contributed by atoms with Gasteiger partial charge in [0.15, 0.2) is 0 Å². The number of carboxylic acid groups (broad SMARTS) is 1. The van der Waals surface area contributed by atoms with Crippen molar-refractivity contribution >= 4 is 12.1 Å². The van der Waals surface area contributed by atoms with Crippen molar-refractivity contribution in [3.05, 3.63) is 0 Å². The standard InChI is InChI=1S/C13H21NO4/c1-8-5-9-7-13(6-8,10(15)16)14(9)11(17)18-12(2,3)4/h8-9H,5-7H2,1-4H3,(H,15,16). The van der Waals surface area contributed by atoms with Crippen LogP contribution >= 0.6 is 0 Å².